The van der Waals surface area contributed by atoms with Crippen molar-refractivity contribution >= 4 is 33.2 Å². The van der Waals surface area contributed by atoms with Crippen molar-refractivity contribution in [1.29, 1.82) is 0 Å². The Kier molecular flexibility index (Phi) is 4.62. The fourth-order valence-electron chi connectivity index (χ4n) is 4.03. The Morgan fingerprint density at radius 2 is 1.90 bits per heavy atom. The first-order valence-electron chi connectivity index (χ1n) is 9.56. The zero-order valence-corrected chi connectivity index (χ0v) is 17.3. The summed E-state index contributed by atoms with van der Waals surface area (Å²) in [5.74, 6) is 6.61. The summed E-state index contributed by atoms with van der Waals surface area (Å²) in [6.07, 6.45) is 0.870. The second-order valence-electron chi connectivity index (χ2n) is 7.39. The number of halogens is 1. The molecular weight excluding hydrogens is 404 g/mol. The highest BCUT2D eigenvalue weighted by atomic mass is 35.5. The van der Waals surface area contributed by atoms with Crippen LogP contribution in [0.25, 0.3) is 21.6 Å². The van der Waals surface area contributed by atoms with Crippen molar-refractivity contribution in [3.05, 3.63) is 86.0 Å². The number of thiophene rings is 1. The summed E-state index contributed by atoms with van der Waals surface area (Å²) in [7, 11) is 0. The minimum atomic E-state index is -0.177. The van der Waals surface area contributed by atoms with Gasteiger partial charge in [-0.05, 0) is 29.8 Å². The second kappa shape index (κ2) is 7.30. The van der Waals surface area contributed by atoms with E-state index >= 15 is 0 Å². The Bertz CT molecular complexity index is 1250. The Hall–Kier alpha value is -2.67. The molecule has 146 valence electrons. The van der Waals surface area contributed by atoms with E-state index in [0.29, 0.717) is 16.2 Å². The molecule has 1 aliphatic heterocycles. The van der Waals surface area contributed by atoms with Gasteiger partial charge in [0.25, 0.3) is 5.56 Å². The molecule has 5 rings (SSSR count). The lowest BCUT2D eigenvalue weighted by atomic mass is 10.0. The summed E-state index contributed by atoms with van der Waals surface area (Å²) in [6, 6.07) is 17.7. The molecule has 0 saturated heterocycles. The summed E-state index contributed by atoms with van der Waals surface area (Å²) in [6.45, 7) is 2.89. The van der Waals surface area contributed by atoms with Crippen molar-refractivity contribution in [2.75, 3.05) is 12.4 Å². The number of nitrogens with two attached hydrogens (primary N) is 1. The number of nitrogens with zero attached hydrogens (tertiary/aromatic N) is 2. The molecule has 0 saturated carbocycles. The van der Waals surface area contributed by atoms with E-state index < -0.39 is 0 Å². The smallest absolute Gasteiger partial charge is 0.281 e. The van der Waals surface area contributed by atoms with Crippen LogP contribution in [0.2, 0.25) is 5.02 Å². The Morgan fingerprint density at radius 3 is 2.66 bits per heavy atom. The molecule has 1 aliphatic rings. The van der Waals surface area contributed by atoms with Crippen LogP contribution in [0, 0.1) is 0 Å². The first kappa shape index (κ1) is 18.4. The first-order valence-corrected chi connectivity index (χ1v) is 10.8. The van der Waals surface area contributed by atoms with Gasteiger partial charge in [0.1, 0.15) is 17.9 Å². The summed E-state index contributed by atoms with van der Waals surface area (Å²) in [5.41, 5.74) is 3.06. The molecule has 0 amide bonds. The third-order valence-electron chi connectivity index (χ3n) is 5.48. The number of rotatable bonds is 3. The van der Waals surface area contributed by atoms with Crippen molar-refractivity contribution in [3.8, 4) is 11.4 Å². The molecule has 0 spiro atoms. The van der Waals surface area contributed by atoms with Crippen LogP contribution in [0.1, 0.15) is 16.0 Å². The molecule has 3 N–H and O–H groups in total. The third kappa shape index (κ3) is 3.33. The molecule has 29 heavy (non-hydrogen) atoms. The number of nitrogen functional groups attached to an aromatic ring is 1. The average molecular weight is 424 g/mol. The maximum atomic E-state index is 13.1. The summed E-state index contributed by atoms with van der Waals surface area (Å²) >= 11 is 7.61. The SMILES string of the molecule is Nn1c(-c2ccc(Cl)cc2)nc2sc3c(c2c1=O)CC[NH+](Cc1ccccc1)C3. The molecule has 4 aromatic rings. The number of aromatic nitrogens is 2. The van der Waals surface area contributed by atoms with Gasteiger partial charge in [-0.25, -0.2) is 9.66 Å². The largest absolute Gasteiger partial charge is 0.334 e. The van der Waals surface area contributed by atoms with Crippen molar-refractivity contribution in [2.45, 2.75) is 19.5 Å². The zero-order chi connectivity index (χ0) is 20.0. The lowest BCUT2D eigenvalue weighted by Crippen LogP contribution is -3.10. The van der Waals surface area contributed by atoms with E-state index in [0.717, 1.165) is 42.0 Å². The van der Waals surface area contributed by atoms with Gasteiger partial charge in [0.15, 0.2) is 5.82 Å². The molecule has 1 atom stereocenters. The number of hydrogen-bond donors (Lipinski definition) is 2. The second-order valence-corrected chi connectivity index (χ2v) is 8.91. The van der Waals surface area contributed by atoms with Crippen LogP contribution in [0.15, 0.2) is 59.4 Å². The highest BCUT2D eigenvalue weighted by molar-refractivity contribution is 7.18. The number of hydrogen-bond acceptors (Lipinski definition) is 4. The normalized spacial score (nSPS) is 16.1. The molecule has 2 aromatic heterocycles. The predicted octanol–water partition coefficient (Wildman–Crippen LogP) is 2.63. The van der Waals surface area contributed by atoms with Crippen LogP contribution in [0.5, 0.6) is 0 Å². The van der Waals surface area contributed by atoms with E-state index in [1.165, 1.54) is 20.0 Å². The molecule has 7 heteroatoms. The van der Waals surface area contributed by atoms with E-state index in [1.807, 2.05) is 18.2 Å². The van der Waals surface area contributed by atoms with E-state index in [9.17, 15) is 4.79 Å². The topological polar surface area (TPSA) is 65.4 Å². The van der Waals surface area contributed by atoms with Crippen LogP contribution in [0.3, 0.4) is 0 Å². The highest BCUT2D eigenvalue weighted by Crippen LogP contribution is 2.30. The quantitative estimate of drug-likeness (QED) is 0.498. The first-order chi connectivity index (χ1) is 14.1. The van der Waals surface area contributed by atoms with Crippen molar-refractivity contribution in [3.63, 3.8) is 0 Å². The van der Waals surface area contributed by atoms with Gasteiger partial charge in [0, 0.05) is 22.6 Å². The minimum Gasteiger partial charge on any atom is -0.334 e. The van der Waals surface area contributed by atoms with Gasteiger partial charge in [-0.15, -0.1) is 11.3 Å². The molecule has 1 unspecified atom stereocenters. The van der Waals surface area contributed by atoms with Crippen LogP contribution in [0.4, 0.5) is 0 Å². The van der Waals surface area contributed by atoms with Gasteiger partial charge < -0.3 is 10.7 Å². The van der Waals surface area contributed by atoms with Gasteiger partial charge in [-0.2, -0.15) is 0 Å². The fraction of sp³-hybridized carbons (Fsp3) is 0.182. The van der Waals surface area contributed by atoms with E-state index in [1.54, 1.807) is 23.5 Å². The third-order valence-corrected chi connectivity index (χ3v) is 6.86. The van der Waals surface area contributed by atoms with Gasteiger partial charge in [-0.3, -0.25) is 4.79 Å². The zero-order valence-electron chi connectivity index (χ0n) is 15.7. The van der Waals surface area contributed by atoms with Crippen molar-refractivity contribution in [1.82, 2.24) is 9.66 Å². The lowest BCUT2D eigenvalue weighted by molar-refractivity contribution is -0.929. The molecule has 0 aliphatic carbocycles. The monoisotopic (exact) mass is 423 g/mol. The maximum Gasteiger partial charge on any atom is 0.281 e. The molecule has 0 radical (unpaired) electrons. The van der Waals surface area contributed by atoms with E-state index in [2.05, 4.69) is 24.3 Å². The molecule has 5 nitrogen and oxygen atoms in total. The fourth-order valence-corrected chi connectivity index (χ4v) is 5.43. The Morgan fingerprint density at radius 1 is 1.14 bits per heavy atom. The van der Waals surface area contributed by atoms with Gasteiger partial charge in [0.05, 0.1) is 16.8 Å². The van der Waals surface area contributed by atoms with Gasteiger partial charge >= 0.3 is 0 Å². The van der Waals surface area contributed by atoms with Gasteiger partial charge in [0.2, 0.25) is 0 Å². The number of nitrogens with one attached hydrogen (secondary N) is 1. The highest BCUT2D eigenvalue weighted by Gasteiger charge is 2.27. The summed E-state index contributed by atoms with van der Waals surface area (Å²) in [4.78, 5) is 21.3. The van der Waals surface area contributed by atoms with Crippen molar-refractivity contribution < 1.29 is 4.90 Å². The van der Waals surface area contributed by atoms with E-state index in [-0.39, 0.29) is 5.56 Å². The number of fused-ring (bicyclic) bond motifs is 3. The number of benzene rings is 2. The molecule has 2 aromatic carbocycles. The summed E-state index contributed by atoms with van der Waals surface area (Å²) < 4.78 is 1.17. The van der Waals surface area contributed by atoms with E-state index in [4.69, 9.17) is 22.4 Å². The molecule has 3 heterocycles. The van der Waals surface area contributed by atoms with Crippen LogP contribution in [-0.2, 0) is 19.5 Å². The maximum absolute atomic E-state index is 13.1. The van der Waals surface area contributed by atoms with Crippen LogP contribution < -0.4 is 16.3 Å². The Balaban J connectivity index is 1.53. The minimum absolute atomic E-state index is 0.177. The molecule has 0 bridgehead atoms. The average Bonchev–Trinajstić information content (AvgIpc) is 3.10. The number of quaternary nitrogens is 1. The molecule has 0 fully saturated rings. The van der Waals surface area contributed by atoms with Gasteiger partial charge in [-0.1, -0.05) is 41.9 Å². The lowest BCUT2D eigenvalue weighted by Gasteiger charge is -2.23. The van der Waals surface area contributed by atoms with Crippen LogP contribution in [-0.4, -0.2) is 16.2 Å². The van der Waals surface area contributed by atoms with Crippen LogP contribution >= 0.6 is 22.9 Å². The molecular formula is C22H20ClN4OS+. The summed E-state index contributed by atoms with van der Waals surface area (Å²) in [5, 5.41) is 1.32. The Labute approximate surface area is 177 Å². The van der Waals surface area contributed by atoms with Crippen molar-refractivity contribution in [2.24, 2.45) is 0 Å². The standard InChI is InChI=1S/C22H19ClN4OS/c23-16-8-6-15(7-9-16)20-25-21-19(22(28)27(20)24)17-10-11-26(13-18(17)29-21)12-14-4-2-1-3-5-14/h1-9H,10-13,24H2/p+1. The predicted molar refractivity (Wildman–Crippen MR) is 118 cm³/mol.